The van der Waals surface area contributed by atoms with Crippen molar-refractivity contribution < 1.29 is 4.39 Å². The molecule has 0 saturated carbocycles. The van der Waals surface area contributed by atoms with Crippen molar-refractivity contribution in [2.24, 2.45) is 0 Å². The van der Waals surface area contributed by atoms with E-state index in [-0.39, 0.29) is 5.82 Å². The number of hydrogen-bond donors (Lipinski definition) is 1. The minimum absolute atomic E-state index is 0.324. The summed E-state index contributed by atoms with van der Waals surface area (Å²) in [6.45, 7) is 0.600. The van der Waals surface area contributed by atoms with Crippen molar-refractivity contribution in [3.05, 3.63) is 58.9 Å². The lowest BCUT2D eigenvalue weighted by atomic mass is 10.2. The highest BCUT2D eigenvalue weighted by Gasteiger charge is 2.06. The zero-order valence-corrected chi connectivity index (χ0v) is 10.8. The second kappa shape index (κ2) is 5.27. The van der Waals surface area contributed by atoms with Crippen LogP contribution in [0.5, 0.6) is 0 Å². The summed E-state index contributed by atoms with van der Waals surface area (Å²) in [5.41, 5.74) is 8.32. The highest BCUT2D eigenvalue weighted by Crippen LogP contribution is 2.22. The maximum atomic E-state index is 12.9. The van der Waals surface area contributed by atoms with Crippen LogP contribution in [0.4, 0.5) is 15.8 Å². The van der Waals surface area contributed by atoms with Gasteiger partial charge in [-0.05, 0) is 35.9 Å². The van der Waals surface area contributed by atoms with E-state index in [0.29, 0.717) is 17.3 Å². The third-order valence-corrected chi connectivity index (χ3v) is 3.09. The third kappa shape index (κ3) is 2.93. The largest absolute Gasteiger partial charge is 0.399 e. The molecule has 94 valence electrons. The van der Waals surface area contributed by atoms with Gasteiger partial charge in [0, 0.05) is 30.0 Å². The first-order chi connectivity index (χ1) is 8.56. The Balaban J connectivity index is 2.18. The Morgan fingerprint density at radius 2 is 2.00 bits per heavy atom. The summed E-state index contributed by atoms with van der Waals surface area (Å²) in [4.78, 5) is 2.01. The lowest BCUT2D eigenvalue weighted by Gasteiger charge is -2.20. The maximum absolute atomic E-state index is 12.9. The van der Waals surface area contributed by atoms with E-state index >= 15 is 0 Å². The van der Waals surface area contributed by atoms with E-state index in [1.54, 1.807) is 6.07 Å². The molecule has 0 aliphatic rings. The van der Waals surface area contributed by atoms with E-state index in [0.717, 1.165) is 11.3 Å². The molecule has 2 N–H and O–H groups in total. The van der Waals surface area contributed by atoms with E-state index in [1.165, 1.54) is 12.1 Å². The molecule has 2 rings (SSSR count). The standard InChI is InChI=1S/C14H14ClFN2/c1-18(13-4-2-3-12(17)8-13)9-10-5-6-11(16)7-14(10)15/h2-8H,9,17H2,1H3. The Morgan fingerprint density at radius 1 is 1.22 bits per heavy atom. The highest BCUT2D eigenvalue weighted by atomic mass is 35.5. The molecule has 0 bridgehead atoms. The van der Waals surface area contributed by atoms with Crippen LogP contribution in [-0.4, -0.2) is 7.05 Å². The molecule has 0 aliphatic carbocycles. The van der Waals surface area contributed by atoms with Gasteiger partial charge in [0.1, 0.15) is 5.82 Å². The fraction of sp³-hybridized carbons (Fsp3) is 0.143. The van der Waals surface area contributed by atoms with Gasteiger partial charge in [0.05, 0.1) is 0 Å². The minimum atomic E-state index is -0.324. The fourth-order valence-electron chi connectivity index (χ4n) is 1.76. The Bertz CT molecular complexity index is 557. The van der Waals surface area contributed by atoms with Crippen LogP contribution in [0.3, 0.4) is 0 Å². The molecule has 0 aromatic heterocycles. The molecule has 18 heavy (non-hydrogen) atoms. The lowest BCUT2D eigenvalue weighted by molar-refractivity contribution is 0.627. The summed E-state index contributed by atoms with van der Waals surface area (Å²) in [5.74, 6) is -0.324. The Labute approximate surface area is 111 Å². The number of benzene rings is 2. The van der Waals surface area contributed by atoms with Crippen LogP contribution >= 0.6 is 11.6 Å². The Kier molecular flexibility index (Phi) is 3.72. The number of nitrogen functional groups attached to an aromatic ring is 1. The van der Waals surface area contributed by atoms with Gasteiger partial charge in [0.2, 0.25) is 0 Å². The van der Waals surface area contributed by atoms with Crippen LogP contribution in [0.15, 0.2) is 42.5 Å². The molecule has 0 unspecified atom stereocenters. The molecule has 2 aromatic carbocycles. The molecule has 0 heterocycles. The van der Waals surface area contributed by atoms with Crippen LogP contribution in [0.25, 0.3) is 0 Å². The number of hydrogen-bond acceptors (Lipinski definition) is 2. The zero-order chi connectivity index (χ0) is 13.1. The van der Waals surface area contributed by atoms with Crippen molar-refractivity contribution >= 4 is 23.0 Å². The van der Waals surface area contributed by atoms with Gasteiger partial charge in [-0.3, -0.25) is 0 Å². The van der Waals surface area contributed by atoms with Crippen molar-refractivity contribution in [1.82, 2.24) is 0 Å². The number of nitrogens with two attached hydrogens (primary N) is 1. The first kappa shape index (κ1) is 12.7. The summed E-state index contributed by atoms with van der Waals surface area (Å²) in [6, 6.07) is 12.0. The first-order valence-electron chi connectivity index (χ1n) is 5.57. The van der Waals surface area contributed by atoms with Gasteiger partial charge in [-0.1, -0.05) is 23.7 Å². The summed E-state index contributed by atoms with van der Waals surface area (Å²) in [7, 11) is 1.94. The van der Waals surface area contributed by atoms with Crippen molar-refractivity contribution in [2.75, 3.05) is 17.7 Å². The summed E-state index contributed by atoms with van der Waals surface area (Å²) < 4.78 is 12.9. The smallest absolute Gasteiger partial charge is 0.124 e. The van der Waals surface area contributed by atoms with Crippen molar-refractivity contribution in [3.63, 3.8) is 0 Å². The third-order valence-electron chi connectivity index (χ3n) is 2.73. The van der Waals surface area contributed by atoms with Gasteiger partial charge in [-0.15, -0.1) is 0 Å². The SMILES string of the molecule is CN(Cc1ccc(F)cc1Cl)c1cccc(N)c1. The maximum Gasteiger partial charge on any atom is 0.124 e. The molecule has 0 amide bonds. The van der Waals surface area contributed by atoms with E-state index in [1.807, 2.05) is 36.2 Å². The minimum Gasteiger partial charge on any atom is -0.399 e. The molecule has 0 radical (unpaired) electrons. The van der Waals surface area contributed by atoms with Crippen LogP contribution in [0.1, 0.15) is 5.56 Å². The average Bonchev–Trinajstić information content (AvgIpc) is 2.32. The van der Waals surface area contributed by atoms with Gasteiger partial charge in [0.15, 0.2) is 0 Å². The number of halogens is 2. The Morgan fingerprint density at radius 3 is 2.67 bits per heavy atom. The number of nitrogens with zero attached hydrogens (tertiary/aromatic N) is 1. The van der Waals surface area contributed by atoms with Crippen LogP contribution in [0, 0.1) is 5.82 Å². The molecule has 0 spiro atoms. The molecule has 2 aromatic rings. The highest BCUT2D eigenvalue weighted by molar-refractivity contribution is 6.31. The number of anilines is 2. The second-order valence-corrected chi connectivity index (χ2v) is 4.59. The van der Waals surface area contributed by atoms with Crippen LogP contribution in [-0.2, 0) is 6.54 Å². The molecule has 4 heteroatoms. The predicted octanol–water partition coefficient (Wildman–Crippen LogP) is 3.70. The molecule has 0 fully saturated rings. The van der Waals surface area contributed by atoms with Gasteiger partial charge >= 0.3 is 0 Å². The number of rotatable bonds is 3. The fourth-order valence-corrected chi connectivity index (χ4v) is 1.99. The normalized spacial score (nSPS) is 10.4. The van der Waals surface area contributed by atoms with Gasteiger partial charge in [-0.25, -0.2) is 4.39 Å². The van der Waals surface area contributed by atoms with Gasteiger partial charge in [0.25, 0.3) is 0 Å². The van der Waals surface area contributed by atoms with E-state index in [4.69, 9.17) is 17.3 Å². The summed E-state index contributed by atoms with van der Waals surface area (Å²) in [6.07, 6.45) is 0. The topological polar surface area (TPSA) is 29.3 Å². The van der Waals surface area contributed by atoms with Crippen molar-refractivity contribution in [2.45, 2.75) is 6.54 Å². The molecule has 0 saturated heterocycles. The van der Waals surface area contributed by atoms with E-state index < -0.39 is 0 Å². The first-order valence-corrected chi connectivity index (χ1v) is 5.94. The lowest BCUT2D eigenvalue weighted by Crippen LogP contribution is -2.16. The van der Waals surface area contributed by atoms with Crippen LogP contribution in [0.2, 0.25) is 5.02 Å². The van der Waals surface area contributed by atoms with E-state index in [9.17, 15) is 4.39 Å². The van der Waals surface area contributed by atoms with Crippen molar-refractivity contribution in [1.29, 1.82) is 0 Å². The average molecular weight is 265 g/mol. The van der Waals surface area contributed by atoms with Crippen LogP contribution < -0.4 is 10.6 Å². The van der Waals surface area contributed by atoms with Gasteiger partial charge in [-0.2, -0.15) is 0 Å². The summed E-state index contributed by atoms with van der Waals surface area (Å²) >= 11 is 6.00. The quantitative estimate of drug-likeness (QED) is 0.857. The molecular weight excluding hydrogens is 251 g/mol. The molecular formula is C14H14ClFN2. The van der Waals surface area contributed by atoms with E-state index in [2.05, 4.69) is 0 Å². The Hall–Kier alpha value is -1.74. The predicted molar refractivity (Wildman–Crippen MR) is 74.4 cm³/mol. The molecule has 0 atom stereocenters. The second-order valence-electron chi connectivity index (χ2n) is 4.19. The van der Waals surface area contributed by atoms with Crippen molar-refractivity contribution in [3.8, 4) is 0 Å². The summed E-state index contributed by atoms with van der Waals surface area (Å²) in [5, 5.41) is 0.436. The molecule has 2 nitrogen and oxygen atoms in total. The van der Waals surface area contributed by atoms with Gasteiger partial charge < -0.3 is 10.6 Å². The zero-order valence-electron chi connectivity index (χ0n) is 10.0. The monoisotopic (exact) mass is 264 g/mol. The molecule has 0 aliphatic heterocycles.